The molecule has 1 rings (SSSR count). The van der Waals surface area contributed by atoms with Crippen molar-refractivity contribution in [3.63, 3.8) is 0 Å². The molecule has 0 fully saturated rings. The van der Waals surface area contributed by atoms with Gasteiger partial charge in [-0.25, -0.2) is 0 Å². The fourth-order valence-corrected chi connectivity index (χ4v) is 2.65. The second kappa shape index (κ2) is 6.53. The normalized spacial score (nSPS) is 12.5. The molecule has 4 heteroatoms. The van der Waals surface area contributed by atoms with Crippen molar-refractivity contribution in [1.29, 1.82) is 0 Å². The van der Waals surface area contributed by atoms with Crippen LogP contribution in [-0.4, -0.2) is 16.8 Å². The summed E-state index contributed by atoms with van der Waals surface area (Å²) in [6.07, 6.45) is 1.07. The highest BCUT2D eigenvalue weighted by molar-refractivity contribution is 8.00. The summed E-state index contributed by atoms with van der Waals surface area (Å²) in [5.74, 6) is 1.05. The van der Waals surface area contributed by atoms with Gasteiger partial charge in [-0.15, -0.1) is 0 Å². The number of Topliss-reactive ketones (excluding diaryl/α,β-unsaturated/α-hetero) is 1. The van der Waals surface area contributed by atoms with E-state index in [1.807, 2.05) is 6.92 Å². The highest BCUT2D eigenvalue weighted by Crippen LogP contribution is 2.25. The molecular formula is C12H14Cl2OS. The Morgan fingerprint density at radius 2 is 2.12 bits per heavy atom. The average molecular weight is 277 g/mol. The zero-order valence-electron chi connectivity index (χ0n) is 9.30. The number of benzene rings is 1. The zero-order chi connectivity index (χ0) is 12.1. The molecule has 0 amide bonds. The Hall–Kier alpha value is -0.180. The summed E-state index contributed by atoms with van der Waals surface area (Å²) in [7, 11) is 0. The van der Waals surface area contributed by atoms with Crippen LogP contribution in [-0.2, 0) is 0 Å². The minimum atomic E-state index is -0.0568. The van der Waals surface area contributed by atoms with Gasteiger partial charge in [0.1, 0.15) is 0 Å². The summed E-state index contributed by atoms with van der Waals surface area (Å²) in [4.78, 5) is 12.0. The lowest BCUT2D eigenvalue weighted by molar-refractivity contribution is 0.0994. The van der Waals surface area contributed by atoms with Crippen molar-refractivity contribution in [2.24, 2.45) is 0 Å². The topological polar surface area (TPSA) is 17.1 Å². The number of carbonyl (C=O) groups excluding carboxylic acids is 1. The molecule has 0 radical (unpaired) electrons. The SMILES string of the molecule is CCCSC(C)C(=O)c1ccc(Cl)cc1Cl. The van der Waals surface area contributed by atoms with E-state index < -0.39 is 0 Å². The van der Waals surface area contributed by atoms with Gasteiger partial charge in [0.25, 0.3) is 0 Å². The third-order valence-electron chi connectivity index (χ3n) is 2.14. The Kier molecular flexibility index (Phi) is 5.67. The van der Waals surface area contributed by atoms with Gasteiger partial charge in [0.2, 0.25) is 0 Å². The molecule has 0 aliphatic heterocycles. The predicted octanol–water partition coefficient (Wildman–Crippen LogP) is 4.71. The Morgan fingerprint density at radius 1 is 1.44 bits per heavy atom. The van der Waals surface area contributed by atoms with Crippen molar-refractivity contribution < 1.29 is 4.79 Å². The maximum atomic E-state index is 12.0. The van der Waals surface area contributed by atoms with Gasteiger partial charge in [0.05, 0.1) is 10.3 Å². The van der Waals surface area contributed by atoms with Crippen LogP contribution in [0.3, 0.4) is 0 Å². The van der Waals surface area contributed by atoms with Crippen LogP contribution in [0.1, 0.15) is 30.6 Å². The third kappa shape index (κ3) is 3.69. The number of hydrogen-bond donors (Lipinski definition) is 0. The molecule has 1 aromatic carbocycles. The summed E-state index contributed by atoms with van der Waals surface area (Å²) < 4.78 is 0. The van der Waals surface area contributed by atoms with Crippen molar-refractivity contribution in [3.8, 4) is 0 Å². The molecular weight excluding hydrogens is 263 g/mol. The molecule has 0 saturated heterocycles. The molecule has 0 saturated carbocycles. The van der Waals surface area contributed by atoms with E-state index in [-0.39, 0.29) is 11.0 Å². The largest absolute Gasteiger partial charge is 0.293 e. The molecule has 1 nitrogen and oxygen atoms in total. The molecule has 1 unspecified atom stereocenters. The van der Waals surface area contributed by atoms with Gasteiger partial charge in [0.15, 0.2) is 5.78 Å². The predicted molar refractivity (Wildman–Crippen MR) is 73.0 cm³/mol. The molecule has 0 bridgehead atoms. The van der Waals surface area contributed by atoms with Gasteiger partial charge in [0, 0.05) is 10.6 Å². The van der Waals surface area contributed by atoms with E-state index >= 15 is 0 Å². The molecule has 16 heavy (non-hydrogen) atoms. The number of carbonyl (C=O) groups is 1. The fourth-order valence-electron chi connectivity index (χ4n) is 1.28. The van der Waals surface area contributed by atoms with Crippen molar-refractivity contribution in [1.82, 2.24) is 0 Å². The minimum absolute atomic E-state index is 0.0568. The van der Waals surface area contributed by atoms with Gasteiger partial charge < -0.3 is 0 Å². The second-order valence-corrected chi connectivity index (χ2v) is 5.79. The Balaban J connectivity index is 2.79. The minimum Gasteiger partial charge on any atom is -0.293 e. The number of ketones is 1. The fraction of sp³-hybridized carbons (Fsp3) is 0.417. The first-order chi connectivity index (χ1) is 7.56. The van der Waals surface area contributed by atoms with Crippen LogP contribution in [0.2, 0.25) is 10.0 Å². The molecule has 0 aromatic heterocycles. The maximum absolute atomic E-state index is 12.0. The van der Waals surface area contributed by atoms with Gasteiger partial charge in [-0.05, 0) is 37.3 Å². The first-order valence-electron chi connectivity index (χ1n) is 5.17. The average Bonchev–Trinajstić information content (AvgIpc) is 2.25. The lowest BCUT2D eigenvalue weighted by atomic mass is 10.1. The zero-order valence-corrected chi connectivity index (χ0v) is 11.6. The molecule has 0 spiro atoms. The molecule has 1 atom stereocenters. The van der Waals surface area contributed by atoms with Crippen LogP contribution in [0.15, 0.2) is 18.2 Å². The van der Waals surface area contributed by atoms with E-state index in [2.05, 4.69) is 6.92 Å². The highest BCUT2D eigenvalue weighted by Gasteiger charge is 2.17. The first kappa shape index (κ1) is 13.9. The van der Waals surface area contributed by atoms with Crippen LogP contribution in [0.25, 0.3) is 0 Å². The van der Waals surface area contributed by atoms with Gasteiger partial charge >= 0.3 is 0 Å². The number of halogens is 2. The number of hydrogen-bond acceptors (Lipinski definition) is 2. The van der Waals surface area contributed by atoms with E-state index in [0.717, 1.165) is 12.2 Å². The Morgan fingerprint density at radius 3 is 2.69 bits per heavy atom. The molecule has 0 N–H and O–H groups in total. The van der Waals surface area contributed by atoms with Crippen molar-refractivity contribution in [2.75, 3.05) is 5.75 Å². The summed E-state index contributed by atoms with van der Waals surface area (Å²) >= 11 is 13.4. The summed E-state index contributed by atoms with van der Waals surface area (Å²) in [5, 5.41) is 0.926. The van der Waals surface area contributed by atoms with Gasteiger partial charge in [-0.3, -0.25) is 4.79 Å². The standard InChI is InChI=1S/C12H14Cl2OS/c1-3-6-16-8(2)12(15)10-5-4-9(13)7-11(10)14/h4-5,7-8H,3,6H2,1-2H3. The van der Waals surface area contributed by atoms with Crippen LogP contribution in [0, 0.1) is 0 Å². The van der Waals surface area contributed by atoms with E-state index in [0.29, 0.717) is 15.6 Å². The molecule has 1 aromatic rings. The quantitative estimate of drug-likeness (QED) is 0.725. The van der Waals surface area contributed by atoms with Crippen LogP contribution < -0.4 is 0 Å². The van der Waals surface area contributed by atoms with Gasteiger partial charge in [-0.2, -0.15) is 11.8 Å². The highest BCUT2D eigenvalue weighted by atomic mass is 35.5. The van der Waals surface area contributed by atoms with Gasteiger partial charge in [-0.1, -0.05) is 30.1 Å². The van der Waals surface area contributed by atoms with Crippen molar-refractivity contribution in [2.45, 2.75) is 25.5 Å². The van der Waals surface area contributed by atoms with Crippen LogP contribution in [0.4, 0.5) is 0 Å². The molecule has 0 aliphatic rings. The van der Waals surface area contributed by atoms with E-state index in [1.54, 1.807) is 30.0 Å². The monoisotopic (exact) mass is 276 g/mol. The summed E-state index contributed by atoms with van der Waals surface area (Å²) in [5.41, 5.74) is 0.558. The summed E-state index contributed by atoms with van der Waals surface area (Å²) in [6.45, 7) is 4.01. The first-order valence-corrected chi connectivity index (χ1v) is 6.97. The Labute approximate surface area is 111 Å². The Bertz CT molecular complexity index is 379. The van der Waals surface area contributed by atoms with E-state index in [4.69, 9.17) is 23.2 Å². The second-order valence-electron chi connectivity index (χ2n) is 3.50. The molecule has 88 valence electrons. The summed E-state index contributed by atoms with van der Waals surface area (Å²) in [6, 6.07) is 4.99. The van der Waals surface area contributed by atoms with E-state index in [9.17, 15) is 4.79 Å². The lowest BCUT2D eigenvalue weighted by Gasteiger charge is -2.10. The lowest BCUT2D eigenvalue weighted by Crippen LogP contribution is -2.14. The smallest absolute Gasteiger partial charge is 0.177 e. The maximum Gasteiger partial charge on any atom is 0.177 e. The number of thioether (sulfide) groups is 1. The van der Waals surface area contributed by atoms with Crippen molar-refractivity contribution in [3.05, 3.63) is 33.8 Å². The van der Waals surface area contributed by atoms with Crippen LogP contribution >= 0.6 is 35.0 Å². The molecule has 0 heterocycles. The number of rotatable bonds is 5. The van der Waals surface area contributed by atoms with Crippen molar-refractivity contribution >= 4 is 40.7 Å². The van der Waals surface area contributed by atoms with Crippen LogP contribution in [0.5, 0.6) is 0 Å². The molecule has 0 aliphatic carbocycles. The van der Waals surface area contributed by atoms with E-state index in [1.165, 1.54) is 0 Å². The third-order valence-corrected chi connectivity index (χ3v) is 4.04.